The van der Waals surface area contributed by atoms with E-state index in [1.807, 2.05) is 4.90 Å². The third-order valence-corrected chi connectivity index (χ3v) is 5.18. The predicted molar refractivity (Wildman–Crippen MR) is 71.1 cm³/mol. The smallest absolute Gasteiger partial charge is 0.236 e. The van der Waals surface area contributed by atoms with E-state index in [-0.39, 0.29) is 10.7 Å². The molecule has 0 aromatic carbocycles. The van der Waals surface area contributed by atoms with Crippen molar-refractivity contribution in [3.8, 4) is 0 Å². The zero-order valence-corrected chi connectivity index (χ0v) is 12.1. The van der Waals surface area contributed by atoms with Crippen molar-refractivity contribution in [1.29, 1.82) is 0 Å². The second-order valence-electron chi connectivity index (χ2n) is 5.59. The number of amides is 1. The van der Waals surface area contributed by atoms with Crippen molar-refractivity contribution in [2.24, 2.45) is 5.92 Å². The highest BCUT2D eigenvalue weighted by Gasteiger charge is 2.38. The average Bonchev–Trinajstić information content (AvgIpc) is 2.62. The minimum Gasteiger partial charge on any atom is -0.388 e. The van der Waals surface area contributed by atoms with Gasteiger partial charge in [-0.2, -0.15) is 0 Å². The molecule has 2 rings (SSSR count). The first-order valence-corrected chi connectivity index (χ1v) is 7.61. The first-order chi connectivity index (χ1) is 8.04. The van der Waals surface area contributed by atoms with E-state index in [4.69, 9.17) is 0 Å². The van der Waals surface area contributed by atoms with E-state index in [9.17, 15) is 9.90 Å². The monoisotopic (exact) mass is 303 g/mol. The van der Waals surface area contributed by atoms with Gasteiger partial charge in [-0.25, -0.2) is 0 Å². The highest BCUT2D eigenvalue weighted by Crippen LogP contribution is 2.35. The van der Waals surface area contributed by atoms with Gasteiger partial charge in [0, 0.05) is 13.1 Å². The molecule has 2 aliphatic rings. The molecule has 0 radical (unpaired) electrons. The summed E-state index contributed by atoms with van der Waals surface area (Å²) in [6.07, 6.45) is 5.98. The Balaban J connectivity index is 1.88. The summed E-state index contributed by atoms with van der Waals surface area (Å²) in [6, 6.07) is 0. The average molecular weight is 304 g/mol. The van der Waals surface area contributed by atoms with Crippen molar-refractivity contribution in [1.82, 2.24) is 4.90 Å². The van der Waals surface area contributed by atoms with Crippen molar-refractivity contribution in [2.75, 3.05) is 13.1 Å². The number of carbonyl (C=O) groups is 1. The SMILES string of the molecule is CCC1CCC(O)(CN2CCC(Br)C2=O)CC1. The van der Waals surface area contributed by atoms with Gasteiger partial charge in [0.15, 0.2) is 0 Å². The number of hydrogen-bond donors (Lipinski definition) is 1. The van der Waals surface area contributed by atoms with Crippen molar-refractivity contribution >= 4 is 21.8 Å². The van der Waals surface area contributed by atoms with Gasteiger partial charge in [0.1, 0.15) is 0 Å². The summed E-state index contributed by atoms with van der Waals surface area (Å²) in [7, 11) is 0. The minimum absolute atomic E-state index is 0.0296. The molecule has 1 aliphatic heterocycles. The Morgan fingerprint density at radius 2 is 2.06 bits per heavy atom. The number of hydrogen-bond acceptors (Lipinski definition) is 2. The molecule has 1 aliphatic carbocycles. The van der Waals surface area contributed by atoms with E-state index in [2.05, 4.69) is 22.9 Å². The quantitative estimate of drug-likeness (QED) is 0.813. The molecular weight excluding hydrogens is 282 g/mol. The Bertz CT molecular complexity index is 287. The summed E-state index contributed by atoms with van der Waals surface area (Å²) in [5.41, 5.74) is -0.627. The van der Waals surface area contributed by atoms with Gasteiger partial charge >= 0.3 is 0 Å². The fourth-order valence-corrected chi connectivity index (χ4v) is 3.49. The summed E-state index contributed by atoms with van der Waals surface area (Å²) in [4.78, 5) is 13.6. The van der Waals surface area contributed by atoms with E-state index < -0.39 is 5.60 Å². The molecule has 1 atom stereocenters. The third-order valence-electron chi connectivity index (χ3n) is 4.33. The Labute approximate surface area is 112 Å². The lowest BCUT2D eigenvalue weighted by molar-refractivity contribution is -0.131. The molecule has 98 valence electrons. The fraction of sp³-hybridized carbons (Fsp3) is 0.923. The highest BCUT2D eigenvalue weighted by molar-refractivity contribution is 9.10. The summed E-state index contributed by atoms with van der Waals surface area (Å²) in [6.45, 7) is 3.53. The van der Waals surface area contributed by atoms with Crippen LogP contribution in [0.3, 0.4) is 0 Å². The topological polar surface area (TPSA) is 40.5 Å². The highest BCUT2D eigenvalue weighted by atomic mass is 79.9. The van der Waals surface area contributed by atoms with Crippen LogP contribution in [0.25, 0.3) is 0 Å². The Kier molecular flexibility index (Phi) is 4.14. The minimum atomic E-state index is -0.627. The Morgan fingerprint density at radius 1 is 1.41 bits per heavy atom. The maximum Gasteiger partial charge on any atom is 0.236 e. The zero-order chi connectivity index (χ0) is 12.5. The number of halogens is 1. The molecule has 1 N–H and O–H groups in total. The van der Waals surface area contributed by atoms with Gasteiger partial charge in [-0.3, -0.25) is 4.79 Å². The number of aliphatic hydroxyl groups is 1. The maximum atomic E-state index is 11.8. The van der Waals surface area contributed by atoms with Crippen molar-refractivity contribution in [2.45, 2.75) is 55.9 Å². The number of likely N-dealkylation sites (tertiary alicyclic amines) is 1. The molecule has 1 saturated heterocycles. The van der Waals surface area contributed by atoms with Crippen molar-refractivity contribution in [3.05, 3.63) is 0 Å². The number of alkyl halides is 1. The predicted octanol–water partition coefficient (Wildman–Crippen LogP) is 2.31. The van der Waals surface area contributed by atoms with E-state index in [1.165, 1.54) is 6.42 Å². The molecule has 2 fully saturated rings. The maximum absolute atomic E-state index is 11.8. The van der Waals surface area contributed by atoms with Crippen LogP contribution in [0.1, 0.15) is 45.4 Å². The van der Waals surface area contributed by atoms with Crippen LogP contribution in [0, 0.1) is 5.92 Å². The van der Waals surface area contributed by atoms with Crippen LogP contribution in [-0.4, -0.2) is 39.4 Å². The van der Waals surface area contributed by atoms with Crippen LogP contribution in [0.2, 0.25) is 0 Å². The molecule has 0 aromatic rings. The standard InChI is InChI=1S/C13H22BrNO2/c1-2-10-3-6-13(17,7-4-10)9-15-8-5-11(14)12(15)16/h10-11,17H,2-9H2,1H3. The van der Waals surface area contributed by atoms with Crippen LogP contribution in [0.4, 0.5) is 0 Å². The van der Waals surface area contributed by atoms with Crippen LogP contribution in [-0.2, 0) is 4.79 Å². The van der Waals surface area contributed by atoms with Crippen molar-refractivity contribution < 1.29 is 9.90 Å². The van der Waals surface area contributed by atoms with E-state index in [1.54, 1.807) is 0 Å². The molecule has 1 unspecified atom stereocenters. The van der Waals surface area contributed by atoms with E-state index in [0.717, 1.165) is 44.6 Å². The van der Waals surface area contributed by atoms with E-state index >= 15 is 0 Å². The first kappa shape index (κ1) is 13.3. The lowest BCUT2D eigenvalue weighted by Crippen LogP contribution is -2.46. The van der Waals surface area contributed by atoms with E-state index in [0.29, 0.717) is 6.54 Å². The van der Waals surface area contributed by atoms with Gasteiger partial charge in [-0.05, 0) is 38.0 Å². The van der Waals surface area contributed by atoms with Crippen LogP contribution in [0.15, 0.2) is 0 Å². The lowest BCUT2D eigenvalue weighted by atomic mass is 9.77. The summed E-state index contributed by atoms with van der Waals surface area (Å²) < 4.78 is 0. The van der Waals surface area contributed by atoms with Gasteiger partial charge in [-0.15, -0.1) is 0 Å². The summed E-state index contributed by atoms with van der Waals surface area (Å²) >= 11 is 3.37. The molecule has 1 amide bonds. The van der Waals surface area contributed by atoms with Crippen LogP contribution < -0.4 is 0 Å². The van der Waals surface area contributed by atoms with Crippen molar-refractivity contribution in [3.63, 3.8) is 0 Å². The second-order valence-corrected chi connectivity index (χ2v) is 6.70. The molecule has 0 spiro atoms. The molecule has 3 nitrogen and oxygen atoms in total. The number of carbonyl (C=O) groups excluding carboxylic acids is 1. The van der Waals surface area contributed by atoms with Crippen LogP contribution >= 0.6 is 15.9 Å². The van der Waals surface area contributed by atoms with Gasteiger partial charge < -0.3 is 10.0 Å². The lowest BCUT2D eigenvalue weighted by Gasteiger charge is -2.38. The number of rotatable bonds is 3. The zero-order valence-electron chi connectivity index (χ0n) is 10.5. The largest absolute Gasteiger partial charge is 0.388 e. The summed E-state index contributed by atoms with van der Waals surface area (Å²) in [5, 5.41) is 10.5. The molecule has 17 heavy (non-hydrogen) atoms. The Hall–Kier alpha value is -0.0900. The third kappa shape index (κ3) is 3.02. The first-order valence-electron chi connectivity index (χ1n) is 6.69. The normalized spacial score (nSPS) is 38.8. The molecule has 1 saturated carbocycles. The molecular formula is C13H22BrNO2. The van der Waals surface area contributed by atoms with Gasteiger partial charge in [0.05, 0.1) is 10.4 Å². The Morgan fingerprint density at radius 3 is 2.53 bits per heavy atom. The molecule has 1 heterocycles. The second kappa shape index (κ2) is 5.27. The molecule has 4 heteroatoms. The summed E-state index contributed by atoms with van der Waals surface area (Å²) in [5.74, 6) is 0.921. The molecule has 0 aromatic heterocycles. The molecule has 0 bridgehead atoms. The number of nitrogens with zero attached hydrogens (tertiary/aromatic N) is 1. The van der Waals surface area contributed by atoms with Gasteiger partial charge in [0.2, 0.25) is 5.91 Å². The number of β-amino-alcohol motifs (C(OH)–C–C–N with tert-alkyl or cyclic N) is 1. The fourth-order valence-electron chi connectivity index (χ4n) is 2.99. The van der Waals surface area contributed by atoms with Gasteiger partial charge in [-0.1, -0.05) is 29.3 Å². The van der Waals surface area contributed by atoms with Gasteiger partial charge in [0.25, 0.3) is 0 Å². The van der Waals surface area contributed by atoms with Crippen LogP contribution in [0.5, 0.6) is 0 Å².